The average molecular weight is 413 g/mol. The Morgan fingerprint density at radius 1 is 1.04 bits per heavy atom. The van der Waals surface area contributed by atoms with Gasteiger partial charge in [0.25, 0.3) is 0 Å². The average Bonchev–Trinajstić information content (AvgIpc) is 2.49. The molecule has 0 aliphatic rings. The lowest BCUT2D eigenvalue weighted by atomic mass is 10.2. The number of aliphatic carboxylic acids is 1. The normalized spacial score (nSPS) is 12.4. The van der Waals surface area contributed by atoms with Crippen molar-refractivity contribution in [3.05, 3.63) is 28.8 Å². The molecule has 0 saturated carbocycles. The Labute approximate surface area is 154 Å². The molecule has 0 unspecified atom stereocenters. The monoisotopic (exact) mass is 413 g/mol. The van der Waals surface area contributed by atoms with Gasteiger partial charge in [-0.15, -0.1) is 11.8 Å². The van der Waals surface area contributed by atoms with Crippen molar-refractivity contribution in [3.8, 4) is 0 Å². The topological polar surface area (TPSA) is 113 Å². The molecule has 1 aromatic carbocycles. The summed E-state index contributed by atoms with van der Waals surface area (Å²) in [5, 5.41) is 19.6. The number of ether oxygens (including phenoxy) is 1. The zero-order chi connectivity index (χ0) is 21.1. The minimum Gasteiger partial charge on any atom is -0.480 e. The predicted octanol–water partition coefficient (Wildman–Crippen LogP) is 3.01. The minimum absolute atomic E-state index is 0.0448. The summed E-state index contributed by atoms with van der Waals surface area (Å²) in [6.45, 7) is 4.53. The van der Waals surface area contributed by atoms with Gasteiger partial charge in [0.1, 0.15) is 17.2 Å². The van der Waals surface area contributed by atoms with E-state index in [1.54, 1.807) is 0 Å². The molecular weight excluding hydrogens is 398 g/mol. The van der Waals surface area contributed by atoms with Crippen LogP contribution in [0.25, 0.3) is 0 Å². The highest BCUT2D eigenvalue weighted by Crippen LogP contribution is 2.32. The molecule has 0 aliphatic heterocycles. The SMILES string of the molecule is CC(C)(C)OC(=O)N[C@@H](CSc1c(F)c(F)c(C(=O)O)c(F)c1F)C(=O)O. The summed E-state index contributed by atoms with van der Waals surface area (Å²) >= 11 is 0.0448. The van der Waals surface area contributed by atoms with Crippen LogP contribution >= 0.6 is 11.8 Å². The smallest absolute Gasteiger partial charge is 0.408 e. The van der Waals surface area contributed by atoms with Gasteiger partial charge in [-0.05, 0) is 20.8 Å². The molecule has 27 heavy (non-hydrogen) atoms. The third-order valence-corrected chi connectivity index (χ3v) is 3.97. The molecule has 3 N–H and O–H groups in total. The van der Waals surface area contributed by atoms with E-state index in [4.69, 9.17) is 14.9 Å². The van der Waals surface area contributed by atoms with Crippen LogP contribution in [0.2, 0.25) is 0 Å². The fourth-order valence-electron chi connectivity index (χ4n) is 1.72. The van der Waals surface area contributed by atoms with Crippen LogP contribution in [-0.4, -0.2) is 45.6 Å². The van der Waals surface area contributed by atoms with Crippen molar-refractivity contribution >= 4 is 29.8 Å². The van der Waals surface area contributed by atoms with Gasteiger partial charge in [0, 0.05) is 5.75 Å². The molecule has 12 heteroatoms. The molecule has 1 atom stereocenters. The van der Waals surface area contributed by atoms with Crippen LogP contribution in [-0.2, 0) is 9.53 Å². The van der Waals surface area contributed by atoms with Crippen LogP contribution in [0, 0.1) is 23.3 Å². The Morgan fingerprint density at radius 2 is 1.52 bits per heavy atom. The van der Waals surface area contributed by atoms with Crippen LogP contribution in [0.1, 0.15) is 31.1 Å². The number of halogens is 4. The Kier molecular flexibility index (Phi) is 7.06. The first-order chi connectivity index (χ1) is 12.3. The summed E-state index contributed by atoms with van der Waals surface area (Å²) in [6, 6.07) is -1.71. The van der Waals surface area contributed by atoms with E-state index in [9.17, 15) is 31.9 Å². The Hall–Kier alpha value is -2.50. The summed E-state index contributed by atoms with van der Waals surface area (Å²) in [5.74, 6) is -12.8. The molecule has 1 aromatic rings. The fraction of sp³-hybridized carbons (Fsp3) is 0.400. The van der Waals surface area contributed by atoms with E-state index in [2.05, 4.69) is 0 Å². The van der Waals surface area contributed by atoms with E-state index < -0.39 is 69.2 Å². The summed E-state index contributed by atoms with van der Waals surface area (Å²) < 4.78 is 59.9. The lowest BCUT2D eigenvalue weighted by Crippen LogP contribution is -2.44. The van der Waals surface area contributed by atoms with Gasteiger partial charge in [-0.1, -0.05) is 0 Å². The van der Waals surface area contributed by atoms with E-state index in [1.807, 2.05) is 5.32 Å². The number of benzene rings is 1. The zero-order valence-corrected chi connectivity index (χ0v) is 15.0. The van der Waals surface area contributed by atoms with Crippen molar-refractivity contribution in [3.63, 3.8) is 0 Å². The van der Waals surface area contributed by atoms with Gasteiger partial charge < -0.3 is 20.3 Å². The summed E-state index contributed by atoms with van der Waals surface area (Å²) in [7, 11) is 0. The molecule has 0 saturated heterocycles. The third-order valence-electron chi connectivity index (χ3n) is 2.82. The number of rotatable bonds is 6. The number of carboxylic acids is 2. The molecule has 0 bridgehead atoms. The summed E-state index contributed by atoms with van der Waals surface area (Å²) in [6.07, 6.45) is -1.13. The van der Waals surface area contributed by atoms with Crippen LogP contribution in [0.3, 0.4) is 0 Å². The molecule has 150 valence electrons. The van der Waals surface area contributed by atoms with E-state index in [0.717, 1.165) is 0 Å². The van der Waals surface area contributed by atoms with Gasteiger partial charge in [0.2, 0.25) is 0 Å². The minimum atomic E-state index is -2.21. The Morgan fingerprint density at radius 3 is 1.89 bits per heavy atom. The van der Waals surface area contributed by atoms with Crippen molar-refractivity contribution < 1.29 is 46.9 Å². The first-order valence-corrected chi connectivity index (χ1v) is 8.19. The zero-order valence-electron chi connectivity index (χ0n) is 14.2. The van der Waals surface area contributed by atoms with Crippen molar-refractivity contribution in [1.29, 1.82) is 0 Å². The molecule has 1 amide bonds. The quantitative estimate of drug-likeness (QED) is 0.373. The molecule has 0 spiro atoms. The Bertz CT molecular complexity index is 752. The number of alkyl carbamates (subject to hydrolysis) is 1. The second kappa shape index (κ2) is 8.46. The molecular formula is C15H15F4NO6S. The van der Waals surface area contributed by atoms with Crippen LogP contribution < -0.4 is 5.32 Å². The van der Waals surface area contributed by atoms with Gasteiger partial charge in [0.05, 0.1) is 4.90 Å². The number of carbonyl (C=O) groups is 3. The van der Waals surface area contributed by atoms with E-state index in [1.165, 1.54) is 20.8 Å². The maximum absolute atomic E-state index is 13.9. The van der Waals surface area contributed by atoms with Crippen molar-refractivity contribution in [2.75, 3.05) is 5.75 Å². The third kappa shape index (κ3) is 5.74. The van der Waals surface area contributed by atoms with Crippen LogP contribution in [0.4, 0.5) is 22.4 Å². The molecule has 0 aliphatic carbocycles. The number of carbonyl (C=O) groups excluding carboxylic acids is 1. The van der Waals surface area contributed by atoms with Crippen LogP contribution in [0.15, 0.2) is 4.90 Å². The first kappa shape index (κ1) is 22.5. The van der Waals surface area contributed by atoms with E-state index >= 15 is 0 Å². The number of thioether (sulfide) groups is 1. The number of nitrogens with one attached hydrogen (secondary N) is 1. The lowest BCUT2D eigenvalue weighted by Gasteiger charge is -2.22. The first-order valence-electron chi connectivity index (χ1n) is 7.20. The van der Waals surface area contributed by atoms with Gasteiger partial charge in [-0.2, -0.15) is 0 Å². The van der Waals surface area contributed by atoms with Crippen molar-refractivity contribution in [2.24, 2.45) is 0 Å². The molecule has 7 nitrogen and oxygen atoms in total. The summed E-state index contributed by atoms with van der Waals surface area (Å²) in [5.41, 5.74) is -2.76. The fourth-order valence-corrected chi connectivity index (χ4v) is 2.71. The molecule has 0 fully saturated rings. The largest absolute Gasteiger partial charge is 0.480 e. The highest BCUT2D eigenvalue weighted by molar-refractivity contribution is 7.99. The molecule has 0 radical (unpaired) electrons. The summed E-state index contributed by atoms with van der Waals surface area (Å²) in [4.78, 5) is 32.2. The predicted molar refractivity (Wildman–Crippen MR) is 84.8 cm³/mol. The van der Waals surface area contributed by atoms with Gasteiger partial charge >= 0.3 is 18.0 Å². The maximum atomic E-state index is 13.9. The standard InChI is InChI=1S/C15H15F4NO6S/c1-15(2,3)26-14(25)20-5(12(21)22)4-27-11-9(18)7(16)6(13(23)24)8(17)10(11)19/h5H,4H2,1-3H3,(H,20,25)(H,21,22)(H,23,24)/t5-/m0/s1. The Balaban J connectivity index is 3.05. The van der Waals surface area contributed by atoms with Gasteiger partial charge in [-0.25, -0.2) is 31.9 Å². The van der Waals surface area contributed by atoms with Crippen LogP contribution in [0.5, 0.6) is 0 Å². The number of hydrogen-bond acceptors (Lipinski definition) is 5. The molecule has 1 rings (SSSR count). The van der Waals surface area contributed by atoms with Crippen molar-refractivity contribution in [1.82, 2.24) is 5.32 Å². The van der Waals surface area contributed by atoms with E-state index in [-0.39, 0.29) is 11.8 Å². The maximum Gasteiger partial charge on any atom is 0.408 e. The molecule has 0 heterocycles. The number of hydrogen-bond donors (Lipinski definition) is 3. The van der Waals surface area contributed by atoms with Crippen molar-refractivity contribution in [2.45, 2.75) is 37.3 Å². The lowest BCUT2D eigenvalue weighted by molar-refractivity contribution is -0.138. The highest BCUT2D eigenvalue weighted by Gasteiger charge is 2.31. The van der Waals surface area contributed by atoms with Gasteiger partial charge in [0.15, 0.2) is 23.3 Å². The number of carboxylic acid groups (broad SMARTS) is 2. The number of amides is 1. The molecule has 0 aromatic heterocycles. The number of aromatic carboxylic acids is 1. The van der Waals surface area contributed by atoms with E-state index in [0.29, 0.717) is 0 Å². The van der Waals surface area contributed by atoms with Gasteiger partial charge in [-0.3, -0.25) is 0 Å². The second-order valence-electron chi connectivity index (χ2n) is 6.11. The highest BCUT2D eigenvalue weighted by atomic mass is 32.2. The second-order valence-corrected chi connectivity index (χ2v) is 7.14.